The van der Waals surface area contributed by atoms with Crippen LogP contribution in [0, 0.1) is 11.6 Å². The quantitative estimate of drug-likeness (QED) is 0.580. The molecular formula is C20H21F4N3O2. The fraction of sp³-hybridized carbons (Fsp3) is 0.350. The zero-order chi connectivity index (χ0) is 21.1. The molecule has 9 heteroatoms. The Morgan fingerprint density at radius 2 is 1.83 bits per heavy atom. The second-order valence-corrected chi connectivity index (χ2v) is 6.74. The van der Waals surface area contributed by atoms with Crippen LogP contribution >= 0.6 is 0 Å². The third-order valence-corrected chi connectivity index (χ3v) is 4.82. The van der Waals surface area contributed by atoms with Crippen LogP contribution < -0.4 is 16.0 Å². The van der Waals surface area contributed by atoms with Crippen LogP contribution in [0.15, 0.2) is 30.3 Å². The van der Waals surface area contributed by atoms with Crippen LogP contribution in [-0.4, -0.2) is 32.2 Å². The van der Waals surface area contributed by atoms with Crippen molar-refractivity contribution in [2.45, 2.75) is 19.4 Å². The van der Waals surface area contributed by atoms with Crippen LogP contribution in [0.25, 0.3) is 0 Å². The van der Waals surface area contributed by atoms with E-state index >= 15 is 0 Å². The van der Waals surface area contributed by atoms with Gasteiger partial charge in [-0.1, -0.05) is 18.2 Å². The highest BCUT2D eigenvalue weighted by Crippen LogP contribution is 2.29. The topological polar surface area (TPSA) is 67.6 Å². The van der Waals surface area contributed by atoms with Gasteiger partial charge in [0.25, 0.3) is 12.3 Å². The zero-order valence-corrected chi connectivity index (χ0v) is 15.7. The summed E-state index contributed by atoms with van der Waals surface area (Å²) in [4.78, 5) is 14.4. The molecule has 2 aromatic carbocycles. The molecule has 1 aliphatic heterocycles. The molecule has 2 aromatic rings. The molecule has 0 spiro atoms. The number of anilines is 2. The number of benzene rings is 2. The number of carbonyl (C=O) groups excluding carboxylic acids is 1. The number of halogens is 4. The molecule has 0 bridgehead atoms. The van der Waals surface area contributed by atoms with E-state index < -0.39 is 35.6 Å². The molecule has 3 N–H and O–H groups in total. The summed E-state index contributed by atoms with van der Waals surface area (Å²) in [6, 6.07) is 5.10. The van der Waals surface area contributed by atoms with Gasteiger partial charge in [0.2, 0.25) is 0 Å². The summed E-state index contributed by atoms with van der Waals surface area (Å²) in [7, 11) is 0. The van der Waals surface area contributed by atoms with Gasteiger partial charge in [0.15, 0.2) is 0 Å². The maximum atomic E-state index is 14.4. The molecule has 29 heavy (non-hydrogen) atoms. The van der Waals surface area contributed by atoms with E-state index in [2.05, 4.69) is 5.32 Å². The third kappa shape index (κ3) is 4.45. The molecule has 156 valence electrons. The van der Waals surface area contributed by atoms with Crippen molar-refractivity contribution < 1.29 is 27.1 Å². The van der Waals surface area contributed by atoms with Gasteiger partial charge in [-0.05, 0) is 19.1 Å². The molecule has 0 aromatic heterocycles. The molecule has 5 nitrogen and oxygen atoms in total. The number of morpholine rings is 1. The molecule has 0 saturated carbocycles. The summed E-state index contributed by atoms with van der Waals surface area (Å²) < 4.78 is 59.8. The van der Waals surface area contributed by atoms with Gasteiger partial charge in [-0.15, -0.1) is 0 Å². The first kappa shape index (κ1) is 20.9. The summed E-state index contributed by atoms with van der Waals surface area (Å²) in [5.74, 6) is -2.30. The molecule has 1 aliphatic rings. The Labute approximate surface area is 165 Å². The Hall–Kier alpha value is -2.81. The Kier molecular flexibility index (Phi) is 6.26. The Morgan fingerprint density at radius 1 is 1.17 bits per heavy atom. The summed E-state index contributed by atoms with van der Waals surface area (Å²) in [5, 5.41) is 2.54. The van der Waals surface area contributed by atoms with E-state index in [9.17, 15) is 22.4 Å². The fourth-order valence-electron chi connectivity index (χ4n) is 3.24. The zero-order valence-electron chi connectivity index (χ0n) is 15.7. The minimum Gasteiger partial charge on any atom is -0.398 e. The minimum atomic E-state index is -2.97. The van der Waals surface area contributed by atoms with Crippen LogP contribution in [-0.2, 0) is 4.74 Å². The summed E-state index contributed by atoms with van der Waals surface area (Å²) >= 11 is 0. The van der Waals surface area contributed by atoms with E-state index in [-0.39, 0.29) is 22.5 Å². The molecule has 0 radical (unpaired) electrons. The predicted octanol–water partition coefficient (Wildman–Crippen LogP) is 3.81. The first-order valence-electron chi connectivity index (χ1n) is 9.08. The summed E-state index contributed by atoms with van der Waals surface area (Å²) in [6.07, 6.45) is -2.97. The summed E-state index contributed by atoms with van der Waals surface area (Å²) in [5.41, 5.74) is 5.15. The van der Waals surface area contributed by atoms with Crippen molar-refractivity contribution in [2.24, 2.45) is 0 Å². The van der Waals surface area contributed by atoms with Gasteiger partial charge in [0.05, 0.1) is 36.1 Å². The predicted molar refractivity (Wildman–Crippen MR) is 101 cm³/mol. The van der Waals surface area contributed by atoms with Gasteiger partial charge < -0.3 is 20.7 Å². The molecular weight excluding hydrogens is 390 g/mol. The van der Waals surface area contributed by atoms with Gasteiger partial charge in [-0.3, -0.25) is 4.79 Å². The lowest BCUT2D eigenvalue weighted by Gasteiger charge is -2.29. The number of nitrogens with one attached hydrogen (secondary N) is 1. The van der Waals surface area contributed by atoms with Gasteiger partial charge in [-0.25, -0.2) is 17.6 Å². The maximum Gasteiger partial charge on any atom is 0.266 e. The van der Waals surface area contributed by atoms with Crippen molar-refractivity contribution in [1.82, 2.24) is 5.32 Å². The average Bonchev–Trinajstić information content (AvgIpc) is 2.68. The van der Waals surface area contributed by atoms with E-state index in [1.54, 1.807) is 4.90 Å². The number of amides is 1. The lowest BCUT2D eigenvalue weighted by atomic mass is 10.0. The number of nitrogens with zero attached hydrogens (tertiary/aromatic N) is 1. The van der Waals surface area contributed by atoms with Crippen molar-refractivity contribution in [3.63, 3.8) is 0 Å². The number of hydrogen-bond acceptors (Lipinski definition) is 4. The van der Waals surface area contributed by atoms with Crippen LogP contribution in [0.2, 0.25) is 0 Å². The molecule has 1 saturated heterocycles. The lowest BCUT2D eigenvalue weighted by Crippen LogP contribution is -2.37. The highest BCUT2D eigenvalue weighted by molar-refractivity contribution is 6.00. The van der Waals surface area contributed by atoms with Crippen molar-refractivity contribution in [3.05, 3.63) is 58.7 Å². The van der Waals surface area contributed by atoms with E-state index in [0.29, 0.717) is 26.3 Å². The molecule has 1 amide bonds. The molecule has 0 aliphatic carbocycles. The number of nitrogens with two attached hydrogens (primary N) is 1. The molecule has 0 unspecified atom stereocenters. The maximum absolute atomic E-state index is 14.4. The van der Waals surface area contributed by atoms with E-state index in [1.165, 1.54) is 25.1 Å². The van der Waals surface area contributed by atoms with Gasteiger partial charge in [-0.2, -0.15) is 0 Å². The van der Waals surface area contributed by atoms with Crippen LogP contribution in [0.3, 0.4) is 0 Å². The second kappa shape index (κ2) is 8.69. The Morgan fingerprint density at radius 3 is 2.48 bits per heavy atom. The highest BCUT2D eigenvalue weighted by Gasteiger charge is 2.23. The first-order valence-corrected chi connectivity index (χ1v) is 9.08. The number of ether oxygens (including phenoxy) is 1. The Balaban J connectivity index is 1.84. The van der Waals surface area contributed by atoms with Crippen molar-refractivity contribution >= 4 is 17.3 Å². The van der Waals surface area contributed by atoms with Gasteiger partial charge >= 0.3 is 0 Å². The number of rotatable bonds is 5. The largest absolute Gasteiger partial charge is 0.398 e. The van der Waals surface area contributed by atoms with E-state index in [1.807, 2.05) is 0 Å². The third-order valence-electron chi connectivity index (χ3n) is 4.82. The number of carbonyl (C=O) groups is 1. The second-order valence-electron chi connectivity index (χ2n) is 6.74. The first-order chi connectivity index (χ1) is 13.8. The van der Waals surface area contributed by atoms with E-state index in [4.69, 9.17) is 10.5 Å². The smallest absolute Gasteiger partial charge is 0.266 e. The van der Waals surface area contributed by atoms with E-state index in [0.717, 1.165) is 12.1 Å². The SMILES string of the molecule is C[C@@H](NC(=O)c1cc(N2CCOCC2)c(F)cc1N)c1cccc(C(F)F)c1F. The summed E-state index contributed by atoms with van der Waals surface area (Å²) in [6.45, 7) is 3.26. The average molecular weight is 411 g/mol. The number of hydrogen-bond donors (Lipinski definition) is 2. The molecule has 1 atom stereocenters. The number of nitrogen functional groups attached to an aromatic ring is 1. The lowest BCUT2D eigenvalue weighted by molar-refractivity contribution is 0.0940. The normalized spacial score (nSPS) is 15.4. The molecule has 1 heterocycles. The van der Waals surface area contributed by atoms with Gasteiger partial charge in [0, 0.05) is 24.3 Å². The monoisotopic (exact) mass is 411 g/mol. The van der Waals surface area contributed by atoms with Crippen LogP contribution in [0.5, 0.6) is 0 Å². The molecule has 3 rings (SSSR count). The van der Waals surface area contributed by atoms with Gasteiger partial charge in [0.1, 0.15) is 11.6 Å². The number of alkyl halides is 2. The van der Waals surface area contributed by atoms with Crippen molar-refractivity contribution in [3.8, 4) is 0 Å². The van der Waals surface area contributed by atoms with Crippen molar-refractivity contribution in [1.29, 1.82) is 0 Å². The fourth-order valence-corrected chi connectivity index (χ4v) is 3.24. The Bertz CT molecular complexity index is 902. The van der Waals surface area contributed by atoms with Crippen LogP contribution in [0.1, 0.15) is 40.9 Å². The highest BCUT2D eigenvalue weighted by atomic mass is 19.3. The molecule has 1 fully saturated rings. The van der Waals surface area contributed by atoms with Crippen molar-refractivity contribution in [2.75, 3.05) is 36.9 Å². The minimum absolute atomic E-state index is 0.0187. The van der Waals surface area contributed by atoms with Crippen LogP contribution in [0.4, 0.5) is 28.9 Å². The standard InChI is InChI=1S/C20H21F4N3O2/c1-11(12-3-2-4-13(18(12)22)19(23)24)26-20(28)14-9-17(15(21)10-16(14)25)27-5-7-29-8-6-27/h2-4,9-11,19H,5-8,25H2,1H3,(H,26,28)/t11-/m1/s1.